The second-order valence-corrected chi connectivity index (χ2v) is 12.3. The number of methoxy groups -OCH3 is 1. The highest BCUT2D eigenvalue weighted by molar-refractivity contribution is 8.13. The highest BCUT2D eigenvalue weighted by Gasteiger charge is 2.29. The Balaban J connectivity index is 1.45. The molecule has 0 saturated heterocycles. The highest BCUT2D eigenvalue weighted by Crippen LogP contribution is 2.47. The summed E-state index contributed by atoms with van der Waals surface area (Å²) < 4.78 is 4.72. The van der Waals surface area contributed by atoms with Gasteiger partial charge in [0.2, 0.25) is 17.7 Å². The van der Waals surface area contributed by atoms with Crippen LogP contribution >= 0.6 is 23.5 Å². The molecule has 3 amide bonds. The summed E-state index contributed by atoms with van der Waals surface area (Å²) >= 11 is 2.45. The Morgan fingerprint density at radius 2 is 1.65 bits per heavy atom. The summed E-state index contributed by atoms with van der Waals surface area (Å²) in [4.78, 5) is 62.9. The van der Waals surface area contributed by atoms with E-state index >= 15 is 0 Å². The molecule has 0 aliphatic carbocycles. The van der Waals surface area contributed by atoms with Crippen molar-refractivity contribution in [1.29, 1.82) is 0 Å². The number of carbonyl (C=O) groups is 4. The standard InChI is InChI=1S/C30H36N6O5S2/c1-19(2)15-32-28(38)21(14-20-16-31-18-33-20)35-29(39)22(17-42-30(40)41-3)34-27(37)12-13-36-23-8-4-6-10-25(23)43-26-11-7-5-9-24(26)36/h4-11,16,18-19,21-22H,12-15,17H2,1-3H3,(H,31,33)(H,32,38)(H,34,37)(H,35,39)/t21-,22-/m1/s1. The number of aromatic nitrogens is 2. The molecule has 0 spiro atoms. The minimum Gasteiger partial charge on any atom is -0.461 e. The van der Waals surface area contributed by atoms with Gasteiger partial charge in [0.15, 0.2) is 0 Å². The summed E-state index contributed by atoms with van der Waals surface area (Å²) in [5.74, 6) is -1.16. The number of rotatable bonds is 13. The van der Waals surface area contributed by atoms with Gasteiger partial charge in [0.05, 0.1) is 24.8 Å². The number of para-hydroxylation sites is 2. The van der Waals surface area contributed by atoms with Gasteiger partial charge in [-0.15, -0.1) is 0 Å². The topological polar surface area (TPSA) is 146 Å². The van der Waals surface area contributed by atoms with Gasteiger partial charge in [0.1, 0.15) is 12.1 Å². The molecule has 228 valence electrons. The van der Waals surface area contributed by atoms with Crippen LogP contribution in [0.2, 0.25) is 0 Å². The first-order valence-corrected chi connectivity index (χ1v) is 15.7. The molecular weight excluding hydrogens is 589 g/mol. The van der Waals surface area contributed by atoms with Crippen LogP contribution in [-0.4, -0.2) is 71.0 Å². The lowest BCUT2D eigenvalue weighted by molar-refractivity contribution is -0.131. The van der Waals surface area contributed by atoms with Gasteiger partial charge in [-0.05, 0) is 41.9 Å². The van der Waals surface area contributed by atoms with Gasteiger partial charge >= 0.3 is 5.30 Å². The molecule has 2 aromatic carbocycles. The van der Waals surface area contributed by atoms with Crippen LogP contribution in [0.3, 0.4) is 0 Å². The van der Waals surface area contributed by atoms with E-state index in [4.69, 9.17) is 4.74 Å². The van der Waals surface area contributed by atoms with Gasteiger partial charge in [-0.2, -0.15) is 0 Å². The summed E-state index contributed by atoms with van der Waals surface area (Å²) in [6.07, 6.45) is 3.34. The van der Waals surface area contributed by atoms with E-state index < -0.39 is 23.3 Å². The van der Waals surface area contributed by atoms with Crippen LogP contribution in [0.15, 0.2) is 70.8 Å². The smallest absolute Gasteiger partial charge is 0.367 e. The number of anilines is 2. The van der Waals surface area contributed by atoms with E-state index in [0.29, 0.717) is 18.8 Å². The van der Waals surface area contributed by atoms with E-state index in [1.54, 1.807) is 18.0 Å². The average Bonchev–Trinajstić information content (AvgIpc) is 3.52. The number of hydrogen-bond donors (Lipinski definition) is 4. The van der Waals surface area contributed by atoms with Crippen molar-refractivity contribution in [2.24, 2.45) is 5.92 Å². The lowest BCUT2D eigenvalue weighted by Crippen LogP contribution is -2.55. The fraction of sp³-hybridized carbons (Fsp3) is 0.367. The Hall–Kier alpha value is -3.97. The molecule has 0 radical (unpaired) electrons. The zero-order chi connectivity index (χ0) is 30.8. The van der Waals surface area contributed by atoms with Crippen molar-refractivity contribution >= 4 is 57.9 Å². The van der Waals surface area contributed by atoms with Gasteiger partial charge in [0, 0.05) is 53.4 Å². The lowest BCUT2D eigenvalue weighted by atomic mass is 10.1. The van der Waals surface area contributed by atoms with E-state index in [9.17, 15) is 19.2 Å². The molecular formula is C30H36N6O5S2. The molecule has 0 fully saturated rings. The predicted octanol–water partition coefficient (Wildman–Crippen LogP) is 3.89. The number of aromatic amines is 1. The largest absolute Gasteiger partial charge is 0.461 e. The number of carbonyl (C=O) groups excluding carboxylic acids is 4. The molecule has 1 aliphatic heterocycles. The molecule has 1 aromatic heterocycles. The maximum Gasteiger partial charge on any atom is 0.367 e. The van der Waals surface area contributed by atoms with Crippen molar-refractivity contribution in [3.63, 3.8) is 0 Å². The SMILES string of the molecule is COC(=O)SC[C@@H](NC(=O)CCN1c2ccccc2Sc2ccccc21)C(=O)N[C@H](Cc1cnc[nH]1)C(=O)NCC(C)C. The maximum atomic E-state index is 13.5. The highest BCUT2D eigenvalue weighted by atomic mass is 32.2. The first kappa shape index (κ1) is 32.0. The molecule has 2 heterocycles. The number of nitrogens with one attached hydrogen (secondary N) is 4. The molecule has 0 unspecified atom stereocenters. The average molecular weight is 625 g/mol. The number of amides is 3. The van der Waals surface area contributed by atoms with E-state index in [2.05, 4.69) is 30.8 Å². The number of nitrogens with zero attached hydrogens (tertiary/aromatic N) is 2. The number of H-pyrrole nitrogens is 1. The quantitative estimate of drug-likeness (QED) is 0.208. The van der Waals surface area contributed by atoms with Crippen LogP contribution in [0, 0.1) is 5.92 Å². The van der Waals surface area contributed by atoms with E-state index in [1.807, 2.05) is 62.4 Å². The number of imidazole rings is 1. The summed E-state index contributed by atoms with van der Waals surface area (Å²) in [7, 11) is 1.25. The molecule has 3 aromatic rings. The first-order valence-electron chi connectivity index (χ1n) is 13.9. The number of thioether (sulfide) groups is 1. The molecule has 0 saturated carbocycles. The fourth-order valence-electron chi connectivity index (χ4n) is 4.42. The van der Waals surface area contributed by atoms with Crippen LogP contribution in [0.25, 0.3) is 0 Å². The molecule has 1 aliphatic rings. The number of benzene rings is 2. The van der Waals surface area contributed by atoms with Crippen LogP contribution in [0.5, 0.6) is 0 Å². The normalized spacial score (nSPS) is 13.3. The lowest BCUT2D eigenvalue weighted by Gasteiger charge is -2.32. The first-order chi connectivity index (χ1) is 20.7. The third-order valence-electron chi connectivity index (χ3n) is 6.58. The Morgan fingerprint density at radius 3 is 2.26 bits per heavy atom. The van der Waals surface area contributed by atoms with Crippen molar-refractivity contribution in [3.8, 4) is 0 Å². The van der Waals surface area contributed by atoms with Crippen LogP contribution in [0.4, 0.5) is 16.2 Å². The molecule has 0 bridgehead atoms. The minimum atomic E-state index is -1.09. The third kappa shape index (κ3) is 9.01. The van der Waals surface area contributed by atoms with E-state index in [-0.39, 0.29) is 36.3 Å². The molecule has 4 N–H and O–H groups in total. The van der Waals surface area contributed by atoms with Gasteiger partial charge in [-0.25, -0.2) is 9.78 Å². The van der Waals surface area contributed by atoms with Crippen LogP contribution < -0.4 is 20.9 Å². The summed E-state index contributed by atoms with van der Waals surface area (Å²) in [5, 5.41) is 7.80. The second-order valence-electron chi connectivity index (χ2n) is 10.3. The Morgan fingerprint density at radius 1 is 0.977 bits per heavy atom. The fourth-order valence-corrected chi connectivity index (χ4v) is 6.17. The number of ether oxygens (including phenoxy) is 1. The van der Waals surface area contributed by atoms with Crippen molar-refractivity contribution in [2.75, 3.05) is 30.9 Å². The van der Waals surface area contributed by atoms with Crippen LogP contribution in [0.1, 0.15) is 26.0 Å². The maximum absolute atomic E-state index is 13.5. The third-order valence-corrected chi connectivity index (χ3v) is 8.61. The second kappa shape index (κ2) is 15.5. The molecule has 13 heteroatoms. The molecule has 4 rings (SSSR count). The van der Waals surface area contributed by atoms with Gasteiger partial charge < -0.3 is 30.6 Å². The molecule has 11 nitrogen and oxygen atoms in total. The summed E-state index contributed by atoms with van der Waals surface area (Å²) in [6.45, 7) is 4.75. The van der Waals surface area contributed by atoms with E-state index in [1.165, 1.54) is 13.4 Å². The summed E-state index contributed by atoms with van der Waals surface area (Å²) in [6, 6.07) is 14.0. The van der Waals surface area contributed by atoms with Gasteiger partial charge in [-0.3, -0.25) is 14.4 Å². The minimum absolute atomic E-state index is 0.0688. The van der Waals surface area contributed by atoms with Crippen molar-refractivity contribution < 1.29 is 23.9 Å². The summed E-state index contributed by atoms with van der Waals surface area (Å²) in [5.41, 5.74) is 2.67. The predicted molar refractivity (Wildman–Crippen MR) is 167 cm³/mol. The monoisotopic (exact) mass is 624 g/mol. The van der Waals surface area contributed by atoms with Crippen molar-refractivity contribution in [1.82, 2.24) is 25.9 Å². The molecule has 43 heavy (non-hydrogen) atoms. The Labute approximate surface area is 259 Å². The van der Waals surface area contributed by atoms with Gasteiger partial charge in [-0.1, -0.05) is 49.9 Å². The van der Waals surface area contributed by atoms with Crippen molar-refractivity contribution in [3.05, 3.63) is 66.7 Å². The zero-order valence-corrected chi connectivity index (χ0v) is 25.9. The number of fused-ring (bicyclic) bond motifs is 2. The van der Waals surface area contributed by atoms with Gasteiger partial charge in [0.25, 0.3) is 0 Å². The zero-order valence-electron chi connectivity index (χ0n) is 24.3. The van der Waals surface area contributed by atoms with Crippen LogP contribution in [-0.2, 0) is 25.5 Å². The Bertz CT molecular complexity index is 1370. The molecule has 2 atom stereocenters. The van der Waals surface area contributed by atoms with Crippen molar-refractivity contribution in [2.45, 2.75) is 48.6 Å². The van der Waals surface area contributed by atoms with E-state index in [0.717, 1.165) is 32.9 Å². The Kier molecular flexibility index (Phi) is 11.5. The number of hydrogen-bond acceptors (Lipinski definition) is 9.